The molecule has 164 valence electrons. The van der Waals surface area contributed by atoms with Crippen molar-refractivity contribution in [3.63, 3.8) is 0 Å². The van der Waals surface area contributed by atoms with E-state index in [1.165, 1.54) is 0 Å². The number of allylic oxidation sites excluding steroid dienone is 4. The van der Waals surface area contributed by atoms with Gasteiger partial charge in [0.15, 0.2) is 5.82 Å². The van der Waals surface area contributed by atoms with E-state index in [0.29, 0.717) is 37.8 Å². The highest BCUT2D eigenvalue weighted by Crippen LogP contribution is 2.28. The number of benzene rings is 1. The maximum absolute atomic E-state index is 9.50. The highest BCUT2D eigenvalue weighted by Gasteiger charge is 2.15. The lowest BCUT2D eigenvalue weighted by molar-refractivity contribution is 0.311. The largest absolute Gasteiger partial charge is 0.395 e. The Labute approximate surface area is 178 Å². The minimum atomic E-state index is 0.00420. The molecule has 2 rings (SSSR count). The number of aliphatic hydroxyl groups is 1. The van der Waals surface area contributed by atoms with Gasteiger partial charge in [0, 0.05) is 17.9 Å². The Morgan fingerprint density at radius 3 is 2.63 bits per heavy atom. The second kappa shape index (κ2) is 14.8. The summed E-state index contributed by atoms with van der Waals surface area (Å²) in [5, 5.41) is 15.4. The minimum absolute atomic E-state index is 0.00420. The zero-order valence-electron chi connectivity index (χ0n) is 18.0. The summed E-state index contributed by atoms with van der Waals surface area (Å²) in [6.07, 6.45) is 9.99. The van der Waals surface area contributed by atoms with Crippen molar-refractivity contribution < 1.29 is 9.50 Å². The Morgan fingerprint density at radius 1 is 1.23 bits per heavy atom. The van der Waals surface area contributed by atoms with Gasteiger partial charge >= 0.3 is 0 Å². The van der Waals surface area contributed by atoms with Gasteiger partial charge in [-0.15, -0.1) is 0 Å². The molecule has 8 heteroatoms. The van der Waals surface area contributed by atoms with Crippen molar-refractivity contribution in [2.75, 3.05) is 42.9 Å². The van der Waals surface area contributed by atoms with Crippen LogP contribution in [-0.2, 0) is 0 Å². The summed E-state index contributed by atoms with van der Waals surface area (Å²) in [7, 11) is 0.500. The van der Waals surface area contributed by atoms with E-state index in [2.05, 4.69) is 45.8 Å². The molecule has 0 radical (unpaired) electrons. The van der Waals surface area contributed by atoms with Crippen LogP contribution in [0.15, 0.2) is 60.5 Å². The number of hydrogen-bond acceptors (Lipinski definition) is 7. The van der Waals surface area contributed by atoms with Gasteiger partial charge in [0.25, 0.3) is 0 Å². The fourth-order valence-electron chi connectivity index (χ4n) is 2.59. The summed E-state index contributed by atoms with van der Waals surface area (Å²) in [5.41, 5.74) is 8.73. The summed E-state index contributed by atoms with van der Waals surface area (Å²) < 4.78 is 9.50. The lowest BCUT2D eigenvalue weighted by atomic mass is 10.2. The van der Waals surface area contributed by atoms with Crippen LogP contribution < -0.4 is 21.3 Å². The third kappa shape index (κ3) is 8.48. The molecule has 0 bridgehead atoms. The molecule has 0 aliphatic carbocycles. The molecular weight excluding hydrogens is 383 g/mol. The standard InChI is InChI=1S/C21H30N6O.CH3F/c1-3-4-5-7-10-17(2)25-16-27(18-11-8-6-9-12-18)20-19(22)15-24-21(26-20)23-13-14-28;1-2/h3-4,6,8-12,15,25,28H,5,7,13-14,16,22H2,1-2H3,(H,23,24,26);1H3/b4-3-,17-10+;. The smallest absolute Gasteiger partial charge is 0.224 e. The van der Waals surface area contributed by atoms with Gasteiger partial charge < -0.3 is 26.4 Å². The Hall–Kier alpha value is -3.13. The Morgan fingerprint density at radius 2 is 1.97 bits per heavy atom. The number of aromatic nitrogens is 2. The second-order valence-electron chi connectivity index (χ2n) is 6.25. The zero-order chi connectivity index (χ0) is 22.2. The number of rotatable bonds is 11. The third-order valence-corrected chi connectivity index (χ3v) is 4.05. The molecule has 0 amide bonds. The number of para-hydroxylation sites is 1. The van der Waals surface area contributed by atoms with Crippen LogP contribution in [0.3, 0.4) is 0 Å². The van der Waals surface area contributed by atoms with Gasteiger partial charge in [-0.25, -0.2) is 4.98 Å². The Balaban J connectivity index is 0.00000218. The van der Waals surface area contributed by atoms with Crippen molar-refractivity contribution in [3.8, 4) is 0 Å². The maximum atomic E-state index is 9.50. The van der Waals surface area contributed by atoms with Crippen molar-refractivity contribution in [1.29, 1.82) is 0 Å². The van der Waals surface area contributed by atoms with E-state index in [9.17, 15) is 4.39 Å². The monoisotopic (exact) mass is 416 g/mol. The van der Waals surface area contributed by atoms with Gasteiger partial charge in [-0.2, -0.15) is 4.98 Å². The number of nitrogens with one attached hydrogen (secondary N) is 2. The predicted molar refractivity (Wildman–Crippen MR) is 123 cm³/mol. The van der Waals surface area contributed by atoms with Crippen molar-refractivity contribution in [2.45, 2.75) is 26.7 Å². The second-order valence-corrected chi connectivity index (χ2v) is 6.25. The highest BCUT2D eigenvalue weighted by molar-refractivity contribution is 5.71. The van der Waals surface area contributed by atoms with Crippen LogP contribution in [-0.4, -0.2) is 42.1 Å². The van der Waals surface area contributed by atoms with Crippen LogP contribution in [0.2, 0.25) is 0 Å². The minimum Gasteiger partial charge on any atom is -0.395 e. The first-order chi connectivity index (χ1) is 14.7. The van der Waals surface area contributed by atoms with E-state index in [0.717, 1.165) is 24.2 Å². The first-order valence-corrected chi connectivity index (χ1v) is 9.85. The fraction of sp³-hybridized carbons (Fsp3) is 0.364. The van der Waals surface area contributed by atoms with E-state index in [1.54, 1.807) is 6.20 Å². The van der Waals surface area contributed by atoms with Crippen LogP contribution >= 0.6 is 0 Å². The molecule has 0 fully saturated rings. The quantitative estimate of drug-likeness (QED) is 0.250. The summed E-state index contributed by atoms with van der Waals surface area (Å²) in [6, 6.07) is 9.94. The van der Waals surface area contributed by atoms with Crippen LogP contribution in [0.4, 0.5) is 27.5 Å². The van der Waals surface area contributed by atoms with Crippen LogP contribution in [0.1, 0.15) is 26.7 Å². The van der Waals surface area contributed by atoms with Crippen molar-refractivity contribution in [1.82, 2.24) is 15.3 Å². The molecule has 1 heterocycles. The van der Waals surface area contributed by atoms with Gasteiger partial charge in [-0.1, -0.05) is 36.4 Å². The van der Waals surface area contributed by atoms with Crippen LogP contribution in [0.25, 0.3) is 0 Å². The molecule has 0 atom stereocenters. The summed E-state index contributed by atoms with van der Waals surface area (Å²) in [6.45, 7) is 4.97. The molecule has 0 aliphatic heterocycles. The lowest BCUT2D eigenvalue weighted by Crippen LogP contribution is -2.31. The molecule has 2 aromatic rings. The number of nitrogen functional groups attached to an aromatic ring is 1. The first-order valence-electron chi connectivity index (χ1n) is 9.85. The fourth-order valence-corrected chi connectivity index (χ4v) is 2.59. The van der Waals surface area contributed by atoms with Gasteiger partial charge in [0.05, 0.1) is 32.3 Å². The SMILES string of the molecule is C/C=C\CC/C=C(\C)NCN(c1ccccc1)c1nc(NCCO)ncc1N.CF. The summed E-state index contributed by atoms with van der Waals surface area (Å²) >= 11 is 0. The third-order valence-electron chi connectivity index (χ3n) is 4.05. The van der Waals surface area contributed by atoms with Gasteiger partial charge in [-0.3, -0.25) is 4.39 Å². The average Bonchev–Trinajstić information content (AvgIpc) is 2.79. The molecule has 0 aliphatic rings. The average molecular weight is 417 g/mol. The predicted octanol–water partition coefficient (Wildman–Crippen LogP) is 3.99. The molecule has 5 N–H and O–H groups in total. The van der Waals surface area contributed by atoms with Crippen molar-refractivity contribution in [2.24, 2.45) is 0 Å². The molecule has 30 heavy (non-hydrogen) atoms. The van der Waals surface area contributed by atoms with Crippen LogP contribution in [0, 0.1) is 0 Å². The maximum Gasteiger partial charge on any atom is 0.224 e. The number of aliphatic hydroxyl groups excluding tert-OH is 1. The van der Waals surface area contributed by atoms with E-state index >= 15 is 0 Å². The first kappa shape index (κ1) is 24.9. The van der Waals surface area contributed by atoms with E-state index < -0.39 is 0 Å². The number of nitrogens with zero attached hydrogens (tertiary/aromatic N) is 3. The normalized spacial score (nSPS) is 11.0. The summed E-state index contributed by atoms with van der Waals surface area (Å²) in [4.78, 5) is 10.7. The van der Waals surface area contributed by atoms with E-state index in [4.69, 9.17) is 10.8 Å². The van der Waals surface area contributed by atoms with E-state index in [1.807, 2.05) is 42.2 Å². The Bertz CT molecular complexity index is 782. The molecular formula is C22H33FN6O. The molecule has 0 unspecified atom stereocenters. The molecule has 0 saturated carbocycles. The van der Waals surface area contributed by atoms with Crippen molar-refractivity contribution in [3.05, 3.63) is 60.5 Å². The number of halogens is 1. The van der Waals surface area contributed by atoms with Gasteiger partial charge in [0.2, 0.25) is 5.95 Å². The topological polar surface area (TPSA) is 99.3 Å². The van der Waals surface area contributed by atoms with Crippen molar-refractivity contribution >= 4 is 23.1 Å². The van der Waals surface area contributed by atoms with Crippen LogP contribution in [0.5, 0.6) is 0 Å². The molecule has 7 nitrogen and oxygen atoms in total. The van der Waals surface area contributed by atoms with Gasteiger partial charge in [0.1, 0.15) is 0 Å². The number of nitrogens with two attached hydrogens (primary N) is 1. The number of unbranched alkanes of at least 4 members (excludes halogenated alkanes) is 1. The Kier molecular flexibility index (Phi) is 12.3. The number of alkyl halides is 1. The molecule has 0 spiro atoms. The number of anilines is 4. The van der Waals surface area contributed by atoms with E-state index in [-0.39, 0.29) is 6.61 Å². The molecule has 1 aromatic heterocycles. The molecule has 0 saturated heterocycles. The molecule has 1 aromatic carbocycles. The summed E-state index contributed by atoms with van der Waals surface area (Å²) in [5.74, 6) is 1.04. The van der Waals surface area contributed by atoms with Gasteiger partial charge in [-0.05, 0) is 38.8 Å². The number of hydrogen-bond donors (Lipinski definition) is 4. The zero-order valence-corrected chi connectivity index (χ0v) is 18.0. The highest BCUT2D eigenvalue weighted by atomic mass is 19.1. The lowest BCUT2D eigenvalue weighted by Gasteiger charge is -2.26.